The average Bonchev–Trinajstić information content (AvgIpc) is 2.54. The summed E-state index contributed by atoms with van der Waals surface area (Å²) in [4.78, 5) is 0. The molecule has 0 aromatic heterocycles. The topological polar surface area (TPSA) is 60.0 Å². The third-order valence-corrected chi connectivity index (χ3v) is 3.41. The maximum absolute atomic E-state index is 9.88. The fourth-order valence-corrected chi connectivity index (χ4v) is 2.14. The van der Waals surface area contributed by atoms with Gasteiger partial charge in [-0.3, -0.25) is 0 Å². The predicted octanol–water partition coefficient (Wildman–Crippen LogP) is 0.994. The molecule has 0 radical (unpaired) electrons. The first-order valence-corrected chi connectivity index (χ1v) is 7.57. The van der Waals surface area contributed by atoms with E-state index >= 15 is 0 Å². The van der Waals surface area contributed by atoms with E-state index in [1.807, 2.05) is 24.3 Å². The van der Waals surface area contributed by atoms with Crippen molar-refractivity contribution in [3.8, 4) is 5.75 Å². The molecule has 2 unspecified atom stereocenters. The number of rotatable bonds is 8. The van der Waals surface area contributed by atoms with E-state index in [1.165, 1.54) is 5.56 Å². The molecule has 2 atom stereocenters. The Morgan fingerprint density at radius 1 is 1.33 bits per heavy atom. The van der Waals surface area contributed by atoms with Crippen LogP contribution in [-0.2, 0) is 15.9 Å². The predicted molar refractivity (Wildman–Crippen MR) is 80.8 cm³/mol. The lowest BCUT2D eigenvalue weighted by molar-refractivity contribution is -0.0869. The number of ether oxygens (including phenoxy) is 3. The summed E-state index contributed by atoms with van der Waals surface area (Å²) in [7, 11) is 0. The molecule has 2 rings (SSSR count). The van der Waals surface area contributed by atoms with Gasteiger partial charge in [-0.05, 0) is 24.1 Å². The van der Waals surface area contributed by atoms with Gasteiger partial charge in [-0.15, -0.1) is 0 Å². The van der Waals surface area contributed by atoms with Gasteiger partial charge in [-0.1, -0.05) is 19.1 Å². The van der Waals surface area contributed by atoms with Crippen LogP contribution >= 0.6 is 0 Å². The van der Waals surface area contributed by atoms with Gasteiger partial charge in [-0.25, -0.2) is 0 Å². The molecule has 0 amide bonds. The maximum Gasteiger partial charge on any atom is 0.119 e. The van der Waals surface area contributed by atoms with Crippen molar-refractivity contribution in [3.63, 3.8) is 0 Å². The van der Waals surface area contributed by atoms with E-state index in [4.69, 9.17) is 14.2 Å². The van der Waals surface area contributed by atoms with Gasteiger partial charge < -0.3 is 24.6 Å². The fraction of sp³-hybridized carbons (Fsp3) is 0.625. The normalized spacial score (nSPS) is 20.2. The number of hydrogen-bond donors (Lipinski definition) is 2. The molecule has 1 saturated heterocycles. The number of aliphatic hydroxyl groups is 1. The van der Waals surface area contributed by atoms with Crippen LogP contribution in [0, 0.1) is 0 Å². The van der Waals surface area contributed by atoms with E-state index in [9.17, 15) is 5.11 Å². The summed E-state index contributed by atoms with van der Waals surface area (Å²) >= 11 is 0. The summed E-state index contributed by atoms with van der Waals surface area (Å²) < 4.78 is 16.4. The van der Waals surface area contributed by atoms with Crippen molar-refractivity contribution in [1.82, 2.24) is 5.32 Å². The van der Waals surface area contributed by atoms with Crippen LogP contribution in [0.3, 0.4) is 0 Å². The molecule has 5 nitrogen and oxygen atoms in total. The minimum Gasteiger partial charge on any atom is -0.491 e. The molecule has 0 saturated carbocycles. The third-order valence-electron chi connectivity index (χ3n) is 3.41. The number of benzene rings is 1. The molecule has 1 aromatic rings. The lowest BCUT2D eigenvalue weighted by atomic mass is 10.2. The van der Waals surface area contributed by atoms with Crippen molar-refractivity contribution in [2.75, 3.05) is 39.5 Å². The van der Waals surface area contributed by atoms with Crippen molar-refractivity contribution in [3.05, 3.63) is 29.8 Å². The van der Waals surface area contributed by atoms with E-state index < -0.39 is 6.10 Å². The second-order valence-electron chi connectivity index (χ2n) is 5.19. The minimum absolute atomic E-state index is 0.0773. The molecule has 1 aliphatic heterocycles. The van der Waals surface area contributed by atoms with Gasteiger partial charge in [-0.2, -0.15) is 0 Å². The molecule has 1 aromatic carbocycles. The summed E-state index contributed by atoms with van der Waals surface area (Å²) in [6, 6.07) is 7.96. The number of aryl methyl sites for hydroxylation is 1. The molecule has 5 heteroatoms. The number of hydrogen-bond acceptors (Lipinski definition) is 5. The van der Waals surface area contributed by atoms with Crippen LogP contribution in [0.2, 0.25) is 0 Å². The zero-order valence-electron chi connectivity index (χ0n) is 12.6. The van der Waals surface area contributed by atoms with Gasteiger partial charge in [0.1, 0.15) is 18.5 Å². The molecule has 21 heavy (non-hydrogen) atoms. The molecule has 0 spiro atoms. The first-order valence-electron chi connectivity index (χ1n) is 7.57. The van der Waals surface area contributed by atoms with E-state index in [0.717, 1.165) is 12.2 Å². The zero-order chi connectivity index (χ0) is 14.9. The van der Waals surface area contributed by atoms with Gasteiger partial charge in [0, 0.05) is 13.1 Å². The zero-order valence-corrected chi connectivity index (χ0v) is 12.6. The quantitative estimate of drug-likeness (QED) is 0.749. The Labute approximate surface area is 126 Å². The van der Waals surface area contributed by atoms with Crippen LogP contribution in [0.25, 0.3) is 0 Å². The highest BCUT2D eigenvalue weighted by Crippen LogP contribution is 2.12. The van der Waals surface area contributed by atoms with Gasteiger partial charge in [0.2, 0.25) is 0 Å². The van der Waals surface area contributed by atoms with Crippen molar-refractivity contribution in [2.45, 2.75) is 25.6 Å². The highest BCUT2D eigenvalue weighted by Gasteiger charge is 2.14. The van der Waals surface area contributed by atoms with Crippen LogP contribution in [0.1, 0.15) is 12.5 Å². The molecule has 0 aliphatic carbocycles. The van der Waals surface area contributed by atoms with E-state index in [1.54, 1.807) is 0 Å². The Bertz CT molecular complexity index is 390. The van der Waals surface area contributed by atoms with Gasteiger partial charge in [0.25, 0.3) is 0 Å². The summed E-state index contributed by atoms with van der Waals surface area (Å²) in [5.74, 6) is 0.787. The van der Waals surface area contributed by atoms with Crippen LogP contribution < -0.4 is 10.1 Å². The molecule has 1 aliphatic rings. The van der Waals surface area contributed by atoms with E-state index in [-0.39, 0.29) is 12.7 Å². The molecular weight excluding hydrogens is 270 g/mol. The Morgan fingerprint density at radius 3 is 2.81 bits per heavy atom. The van der Waals surface area contributed by atoms with Gasteiger partial charge >= 0.3 is 0 Å². The Morgan fingerprint density at radius 2 is 2.14 bits per heavy atom. The van der Waals surface area contributed by atoms with Crippen LogP contribution in [0.4, 0.5) is 0 Å². The van der Waals surface area contributed by atoms with Crippen molar-refractivity contribution in [1.29, 1.82) is 0 Å². The smallest absolute Gasteiger partial charge is 0.119 e. The van der Waals surface area contributed by atoms with Crippen molar-refractivity contribution >= 4 is 0 Å². The molecule has 1 fully saturated rings. The minimum atomic E-state index is -0.541. The van der Waals surface area contributed by atoms with E-state index in [0.29, 0.717) is 32.9 Å². The second-order valence-corrected chi connectivity index (χ2v) is 5.19. The standard InChI is InChI=1S/C16H25NO4/c1-2-13-3-5-15(6-4-13)21-11-14(18)9-17-10-16-12-19-7-8-20-16/h3-6,14,16-18H,2,7-12H2,1H3. The molecule has 118 valence electrons. The average molecular weight is 295 g/mol. The molecular formula is C16H25NO4. The summed E-state index contributed by atoms with van der Waals surface area (Å²) in [6.45, 7) is 5.49. The lowest BCUT2D eigenvalue weighted by Crippen LogP contribution is -2.41. The fourth-order valence-electron chi connectivity index (χ4n) is 2.14. The number of nitrogens with one attached hydrogen (secondary N) is 1. The third kappa shape index (κ3) is 6.01. The van der Waals surface area contributed by atoms with E-state index in [2.05, 4.69) is 12.2 Å². The number of aliphatic hydroxyl groups excluding tert-OH is 1. The van der Waals surface area contributed by atoms with Crippen LogP contribution in [0.5, 0.6) is 5.75 Å². The van der Waals surface area contributed by atoms with Crippen molar-refractivity contribution in [2.24, 2.45) is 0 Å². The van der Waals surface area contributed by atoms with Crippen LogP contribution in [0.15, 0.2) is 24.3 Å². The monoisotopic (exact) mass is 295 g/mol. The Hall–Kier alpha value is -1.14. The highest BCUT2D eigenvalue weighted by molar-refractivity contribution is 5.27. The van der Waals surface area contributed by atoms with Gasteiger partial charge in [0.05, 0.1) is 25.9 Å². The first kappa shape index (κ1) is 16.2. The molecule has 2 N–H and O–H groups in total. The summed E-state index contributed by atoms with van der Waals surface area (Å²) in [6.07, 6.45) is 0.550. The Kier molecular flexibility index (Phi) is 6.95. The summed E-state index contributed by atoms with van der Waals surface area (Å²) in [5.41, 5.74) is 1.28. The lowest BCUT2D eigenvalue weighted by Gasteiger charge is -2.23. The van der Waals surface area contributed by atoms with Crippen molar-refractivity contribution < 1.29 is 19.3 Å². The largest absolute Gasteiger partial charge is 0.491 e. The first-order chi connectivity index (χ1) is 10.3. The van der Waals surface area contributed by atoms with Crippen LogP contribution in [-0.4, -0.2) is 56.8 Å². The molecule has 1 heterocycles. The second kappa shape index (κ2) is 9.00. The maximum atomic E-state index is 9.88. The highest BCUT2D eigenvalue weighted by atomic mass is 16.6. The van der Waals surface area contributed by atoms with Gasteiger partial charge in [0.15, 0.2) is 0 Å². The summed E-state index contributed by atoms with van der Waals surface area (Å²) in [5, 5.41) is 13.1. The molecule has 0 bridgehead atoms. The SMILES string of the molecule is CCc1ccc(OCC(O)CNCC2COCCO2)cc1. The Balaban J connectivity index is 1.59.